The summed E-state index contributed by atoms with van der Waals surface area (Å²) in [7, 11) is 0. The molecule has 2 aromatic heterocycles. The highest BCUT2D eigenvalue weighted by atomic mass is 16.3. The van der Waals surface area contributed by atoms with Crippen LogP contribution in [0.3, 0.4) is 0 Å². The molecule has 3 aromatic rings. The van der Waals surface area contributed by atoms with E-state index >= 15 is 0 Å². The van der Waals surface area contributed by atoms with Gasteiger partial charge in [0.2, 0.25) is 0 Å². The summed E-state index contributed by atoms with van der Waals surface area (Å²) in [5, 5.41) is 10.6. The molecule has 27 heavy (non-hydrogen) atoms. The molecule has 1 aromatic carbocycles. The zero-order chi connectivity index (χ0) is 18.5. The number of hydrogen-bond acceptors (Lipinski definition) is 4. The fourth-order valence-electron chi connectivity index (χ4n) is 3.82. The van der Waals surface area contributed by atoms with Gasteiger partial charge in [-0.1, -0.05) is 36.4 Å². The van der Waals surface area contributed by atoms with E-state index in [0.717, 1.165) is 44.7 Å². The molecule has 1 aliphatic heterocycles. The highest BCUT2D eigenvalue weighted by molar-refractivity contribution is 5.39. The van der Waals surface area contributed by atoms with Crippen molar-refractivity contribution in [3.8, 4) is 0 Å². The largest absolute Gasteiger partial charge is 0.392 e. The molecule has 0 spiro atoms. The van der Waals surface area contributed by atoms with E-state index in [-0.39, 0.29) is 6.10 Å². The molecule has 3 heterocycles. The molecule has 5 nitrogen and oxygen atoms in total. The Balaban J connectivity index is 1.29. The fraction of sp³-hybridized carbons (Fsp3) is 0.364. The third kappa shape index (κ3) is 4.55. The van der Waals surface area contributed by atoms with Crippen LogP contribution in [0.15, 0.2) is 67.4 Å². The quantitative estimate of drug-likeness (QED) is 0.732. The number of pyridine rings is 1. The van der Waals surface area contributed by atoms with E-state index in [1.807, 2.05) is 41.5 Å². The average molecular weight is 362 g/mol. The van der Waals surface area contributed by atoms with Gasteiger partial charge >= 0.3 is 0 Å². The first-order chi connectivity index (χ1) is 13.3. The van der Waals surface area contributed by atoms with Crippen molar-refractivity contribution in [2.45, 2.75) is 31.9 Å². The number of rotatable bonds is 6. The molecular weight excluding hydrogens is 336 g/mol. The summed E-state index contributed by atoms with van der Waals surface area (Å²) < 4.78 is 2.04. The lowest BCUT2D eigenvalue weighted by molar-refractivity contribution is 0.0929. The maximum atomic E-state index is 10.6. The van der Waals surface area contributed by atoms with Crippen molar-refractivity contribution in [1.82, 2.24) is 14.5 Å². The molecule has 0 saturated carbocycles. The van der Waals surface area contributed by atoms with Gasteiger partial charge in [0, 0.05) is 38.2 Å². The van der Waals surface area contributed by atoms with Crippen molar-refractivity contribution in [2.24, 2.45) is 5.92 Å². The Bertz CT molecular complexity index is 809. The molecule has 0 radical (unpaired) electrons. The molecule has 140 valence electrons. The van der Waals surface area contributed by atoms with Crippen molar-refractivity contribution in [2.75, 3.05) is 18.0 Å². The Labute approximate surface area is 160 Å². The summed E-state index contributed by atoms with van der Waals surface area (Å²) in [6.45, 7) is 2.69. The Kier molecular flexibility index (Phi) is 5.49. The van der Waals surface area contributed by atoms with Crippen LogP contribution < -0.4 is 4.90 Å². The van der Waals surface area contributed by atoms with Gasteiger partial charge in [0.15, 0.2) is 0 Å². The molecule has 1 atom stereocenters. The molecule has 1 fully saturated rings. The minimum absolute atomic E-state index is 0.264. The van der Waals surface area contributed by atoms with Gasteiger partial charge in [0.1, 0.15) is 5.82 Å². The van der Waals surface area contributed by atoms with Crippen LogP contribution in [-0.4, -0.2) is 38.8 Å². The molecule has 1 aliphatic rings. The average Bonchev–Trinajstić information content (AvgIpc) is 3.22. The maximum absolute atomic E-state index is 10.6. The minimum atomic E-state index is -0.264. The number of anilines is 1. The van der Waals surface area contributed by atoms with Crippen LogP contribution in [0.2, 0.25) is 0 Å². The van der Waals surface area contributed by atoms with Crippen LogP contribution in [0.1, 0.15) is 24.0 Å². The summed E-state index contributed by atoms with van der Waals surface area (Å²) in [6, 6.07) is 14.5. The Morgan fingerprint density at radius 3 is 2.52 bits per heavy atom. The third-order valence-corrected chi connectivity index (χ3v) is 5.43. The van der Waals surface area contributed by atoms with Gasteiger partial charge in [0.05, 0.1) is 12.4 Å². The predicted octanol–water partition coefficient (Wildman–Crippen LogP) is 3.15. The monoisotopic (exact) mass is 362 g/mol. The lowest BCUT2D eigenvalue weighted by Gasteiger charge is -2.35. The van der Waals surface area contributed by atoms with Crippen LogP contribution in [-0.2, 0) is 13.0 Å². The van der Waals surface area contributed by atoms with Crippen molar-refractivity contribution < 1.29 is 5.11 Å². The van der Waals surface area contributed by atoms with Crippen LogP contribution in [0.5, 0.6) is 0 Å². The van der Waals surface area contributed by atoms with E-state index in [1.54, 1.807) is 6.20 Å². The third-order valence-electron chi connectivity index (χ3n) is 5.43. The molecule has 5 heteroatoms. The second-order valence-electron chi connectivity index (χ2n) is 7.34. The van der Waals surface area contributed by atoms with Crippen molar-refractivity contribution in [3.05, 3.63) is 78.5 Å². The molecule has 0 aliphatic carbocycles. The van der Waals surface area contributed by atoms with E-state index in [1.165, 1.54) is 11.1 Å². The second-order valence-corrected chi connectivity index (χ2v) is 7.34. The number of imidazole rings is 1. The first-order valence-electron chi connectivity index (χ1n) is 9.65. The van der Waals surface area contributed by atoms with E-state index in [0.29, 0.717) is 5.92 Å². The molecule has 0 amide bonds. The summed E-state index contributed by atoms with van der Waals surface area (Å²) in [6.07, 6.45) is 10.0. The summed E-state index contributed by atoms with van der Waals surface area (Å²) in [5.74, 6) is 1.39. The maximum Gasteiger partial charge on any atom is 0.128 e. The lowest BCUT2D eigenvalue weighted by atomic mass is 9.88. The van der Waals surface area contributed by atoms with E-state index in [2.05, 4.69) is 39.1 Å². The number of benzene rings is 1. The second kappa shape index (κ2) is 8.35. The number of aliphatic hydroxyl groups excluding tert-OH is 1. The van der Waals surface area contributed by atoms with E-state index < -0.39 is 0 Å². The highest BCUT2D eigenvalue weighted by Gasteiger charge is 2.25. The number of nitrogens with zero attached hydrogens (tertiary/aromatic N) is 4. The van der Waals surface area contributed by atoms with Crippen molar-refractivity contribution >= 4 is 5.82 Å². The first kappa shape index (κ1) is 17.7. The standard InChI is InChI=1S/C22H26N4O/c27-21(14-18-4-2-1-3-5-18)20-8-11-26(12-9-20)22-7-6-19(15-24-22)16-25-13-10-23-17-25/h1-7,10,13,15,17,20-21,27H,8-9,11-12,14,16H2. The van der Waals surface area contributed by atoms with Gasteiger partial charge in [0.25, 0.3) is 0 Å². The van der Waals surface area contributed by atoms with Crippen LogP contribution in [0.25, 0.3) is 0 Å². The topological polar surface area (TPSA) is 54.2 Å². The SMILES string of the molecule is OC(Cc1ccccc1)C1CCN(c2ccc(Cn3ccnc3)cn2)CC1. The first-order valence-corrected chi connectivity index (χ1v) is 9.65. The van der Waals surface area contributed by atoms with Crippen LogP contribution in [0.4, 0.5) is 5.82 Å². The van der Waals surface area contributed by atoms with Gasteiger partial charge in [-0.2, -0.15) is 0 Å². The van der Waals surface area contributed by atoms with Crippen molar-refractivity contribution in [3.63, 3.8) is 0 Å². The van der Waals surface area contributed by atoms with Gasteiger partial charge in [-0.15, -0.1) is 0 Å². The number of aliphatic hydroxyl groups is 1. The molecule has 1 saturated heterocycles. The Hall–Kier alpha value is -2.66. The van der Waals surface area contributed by atoms with Gasteiger partial charge in [-0.25, -0.2) is 9.97 Å². The van der Waals surface area contributed by atoms with Crippen LogP contribution in [0, 0.1) is 5.92 Å². The zero-order valence-electron chi connectivity index (χ0n) is 15.5. The van der Waals surface area contributed by atoms with E-state index in [9.17, 15) is 5.11 Å². The highest BCUT2D eigenvalue weighted by Crippen LogP contribution is 2.26. The van der Waals surface area contributed by atoms with Crippen molar-refractivity contribution in [1.29, 1.82) is 0 Å². The minimum Gasteiger partial charge on any atom is -0.392 e. The lowest BCUT2D eigenvalue weighted by Crippen LogP contribution is -2.38. The number of aromatic nitrogens is 3. The molecule has 0 bridgehead atoms. The van der Waals surface area contributed by atoms with Gasteiger partial charge < -0.3 is 14.6 Å². The van der Waals surface area contributed by atoms with Gasteiger partial charge in [-0.3, -0.25) is 0 Å². The Morgan fingerprint density at radius 1 is 1.04 bits per heavy atom. The van der Waals surface area contributed by atoms with Gasteiger partial charge in [-0.05, 0) is 42.4 Å². The normalized spacial score (nSPS) is 16.4. The predicted molar refractivity (Wildman–Crippen MR) is 107 cm³/mol. The number of piperidine rings is 1. The zero-order valence-corrected chi connectivity index (χ0v) is 15.5. The molecule has 1 unspecified atom stereocenters. The smallest absolute Gasteiger partial charge is 0.128 e. The summed E-state index contributed by atoms with van der Waals surface area (Å²) >= 11 is 0. The van der Waals surface area contributed by atoms with E-state index in [4.69, 9.17) is 0 Å². The fourth-order valence-corrected chi connectivity index (χ4v) is 3.82. The number of hydrogen-bond donors (Lipinski definition) is 1. The molecular formula is C22H26N4O. The van der Waals surface area contributed by atoms with Crippen LogP contribution >= 0.6 is 0 Å². The summed E-state index contributed by atoms with van der Waals surface area (Å²) in [5.41, 5.74) is 2.38. The Morgan fingerprint density at radius 2 is 1.85 bits per heavy atom. The molecule has 1 N–H and O–H groups in total. The summed E-state index contributed by atoms with van der Waals surface area (Å²) in [4.78, 5) is 11.0. The molecule has 4 rings (SSSR count).